The summed E-state index contributed by atoms with van der Waals surface area (Å²) in [6, 6.07) is 18.9. The van der Waals surface area contributed by atoms with Crippen LogP contribution in [0.3, 0.4) is 0 Å². The molecule has 0 unspecified atom stereocenters. The fraction of sp³-hybridized carbons (Fsp3) is 0.154. The van der Waals surface area contributed by atoms with Crippen molar-refractivity contribution in [3.8, 4) is 11.5 Å². The molecule has 2 amide bonds. The summed E-state index contributed by atoms with van der Waals surface area (Å²) in [7, 11) is 0. The van der Waals surface area contributed by atoms with Crippen LogP contribution in [-0.4, -0.2) is 27.6 Å². The van der Waals surface area contributed by atoms with Crippen LogP contribution in [-0.2, 0) is 17.9 Å². The van der Waals surface area contributed by atoms with Crippen molar-refractivity contribution in [3.05, 3.63) is 103 Å². The molecule has 1 aliphatic rings. The van der Waals surface area contributed by atoms with E-state index in [0.29, 0.717) is 34.1 Å². The first-order chi connectivity index (χ1) is 17.4. The van der Waals surface area contributed by atoms with Gasteiger partial charge in [-0.15, -0.1) is 0 Å². The number of rotatable bonds is 9. The van der Waals surface area contributed by atoms with Crippen LogP contribution in [0.15, 0.2) is 76.1 Å². The van der Waals surface area contributed by atoms with Crippen molar-refractivity contribution in [1.29, 1.82) is 0 Å². The van der Waals surface area contributed by atoms with Crippen LogP contribution in [0.4, 0.5) is 10.5 Å². The van der Waals surface area contributed by atoms with Crippen LogP contribution >= 0.6 is 27.7 Å². The van der Waals surface area contributed by atoms with E-state index in [1.54, 1.807) is 36.4 Å². The third-order valence-electron chi connectivity index (χ3n) is 5.24. The summed E-state index contributed by atoms with van der Waals surface area (Å²) in [5, 5.41) is 10.7. The van der Waals surface area contributed by atoms with Crippen LogP contribution < -0.4 is 9.47 Å². The number of amides is 2. The molecule has 0 aliphatic carbocycles. The van der Waals surface area contributed by atoms with Gasteiger partial charge in [-0.05, 0) is 59.7 Å². The number of hydrogen-bond donors (Lipinski definition) is 0. The fourth-order valence-electron chi connectivity index (χ4n) is 3.51. The summed E-state index contributed by atoms with van der Waals surface area (Å²) in [6.07, 6.45) is 1.65. The first kappa shape index (κ1) is 25.5. The van der Waals surface area contributed by atoms with Crippen molar-refractivity contribution in [2.45, 2.75) is 20.1 Å². The highest BCUT2D eigenvalue weighted by molar-refractivity contribution is 9.10. The second kappa shape index (κ2) is 11.4. The Kier molecular flexibility index (Phi) is 8.07. The number of carbonyl (C=O) groups excluding carboxylic acids is 2. The molecule has 8 nitrogen and oxygen atoms in total. The lowest BCUT2D eigenvalue weighted by molar-refractivity contribution is -0.384. The minimum absolute atomic E-state index is 0.00921. The van der Waals surface area contributed by atoms with Crippen LogP contribution in [0.25, 0.3) is 6.08 Å². The summed E-state index contributed by atoms with van der Waals surface area (Å²) < 4.78 is 12.4. The number of nitro groups is 1. The van der Waals surface area contributed by atoms with Gasteiger partial charge in [-0.3, -0.25) is 24.6 Å². The highest BCUT2D eigenvalue weighted by Gasteiger charge is 2.35. The van der Waals surface area contributed by atoms with Gasteiger partial charge < -0.3 is 9.47 Å². The molecule has 0 N–H and O–H groups in total. The Morgan fingerprint density at radius 3 is 2.58 bits per heavy atom. The number of ether oxygens (including phenoxy) is 2. The predicted octanol–water partition coefficient (Wildman–Crippen LogP) is 6.57. The Hall–Kier alpha value is -3.63. The van der Waals surface area contributed by atoms with Crippen molar-refractivity contribution in [3.63, 3.8) is 0 Å². The second-order valence-corrected chi connectivity index (χ2v) is 9.56. The molecule has 1 fully saturated rings. The molecule has 1 saturated heterocycles. The number of halogens is 1. The molecule has 4 rings (SSSR count). The molecule has 1 heterocycles. The Bertz CT molecular complexity index is 1360. The van der Waals surface area contributed by atoms with E-state index in [9.17, 15) is 19.7 Å². The zero-order chi connectivity index (χ0) is 25.7. The fourth-order valence-corrected chi connectivity index (χ4v) is 4.76. The topological polar surface area (TPSA) is 99.0 Å². The van der Waals surface area contributed by atoms with Crippen molar-refractivity contribution in [2.24, 2.45) is 0 Å². The highest BCUT2D eigenvalue weighted by Crippen LogP contribution is 2.36. The van der Waals surface area contributed by atoms with Crippen LogP contribution in [0.2, 0.25) is 0 Å². The van der Waals surface area contributed by atoms with E-state index < -0.39 is 4.92 Å². The first-order valence-corrected chi connectivity index (χ1v) is 12.6. The Morgan fingerprint density at radius 1 is 1.03 bits per heavy atom. The maximum Gasteiger partial charge on any atom is 0.293 e. The van der Waals surface area contributed by atoms with Gasteiger partial charge in [0.25, 0.3) is 16.8 Å². The second-order valence-electron chi connectivity index (χ2n) is 7.71. The molecule has 0 atom stereocenters. The van der Waals surface area contributed by atoms with Gasteiger partial charge in [-0.1, -0.05) is 52.3 Å². The molecule has 0 spiro atoms. The average Bonchev–Trinajstić information content (AvgIpc) is 3.12. The monoisotopic (exact) mass is 568 g/mol. The molecule has 0 aromatic heterocycles. The van der Waals surface area contributed by atoms with Gasteiger partial charge in [0.15, 0.2) is 11.5 Å². The molecule has 36 heavy (non-hydrogen) atoms. The van der Waals surface area contributed by atoms with Gasteiger partial charge in [0.2, 0.25) is 0 Å². The summed E-state index contributed by atoms with van der Waals surface area (Å²) in [6.45, 7) is 2.52. The Balaban J connectivity index is 1.51. The van der Waals surface area contributed by atoms with E-state index in [1.807, 2.05) is 31.2 Å². The van der Waals surface area contributed by atoms with E-state index in [-0.39, 0.29) is 30.0 Å². The highest BCUT2D eigenvalue weighted by atomic mass is 79.9. The quantitative estimate of drug-likeness (QED) is 0.163. The minimum atomic E-state index is -0.454. The molecule has 3 aromatic carbocycles. The summed E-state index contributed by atoms with van der Waals surface area (Å²) in [5.41, 5.74) is 2.15. The number of non-ortho nitro benzene ring substituents is 1. The van der Waals surface area contributed by atoms with E-state index in [1.165, 1.54) is 17.0 Å². The molecular weight excluding hydrogens is 548 g/mol. The lowest BCUT2D eigenvalue weighted by Gasteiger charge is -2.14. The lowest BCUT2D eigenvalue weighted by Crippen LogP contribution is -2.27. The summed E-state index contributed by atoms with van der Waals surface area (Å²) >= 11 is 4.35. The number of nitro benzene ring substituents is 1. The van der Waals surface area contributed by atoms with Crippen molar-refractivity contribution < 1.29 is 24.0 Å². The number of hydrogen-bond acceptors (Lipinski definition) is 7. The van der Waals surface area contributed by atoms with E-state index in [0.717, 1.165) is 21.8 Å². The number of benzene rings is 3. The largest absolute Gasteiger partial charge is 0.490 e. The van der Waals surface area contributed by atoms with Crippen LogP contribution in [0, 0.1) is 10.1 Å². The van der Waals surface area contributed by atoms with E-state index >= 15 is 0 Å². The van der Waals surface area contributed by atoms with Crippen LogP contribution in [0.1, 0.15) is 23.6 Å². The van der Waals surface area contributed by atoms with Gasteiger partial charge in [-0.2, -0.15) is 0 Å². The molecular formula is C26H21BrN2O6S. The van der Waals surface area contributed by atoms with Gasteiger partial charge in [-0.25, -0.2) is 0 Å². The van der Waals surface area contributed by atoms with Gasteiger partial charge >= 0.3 is 0 Å². The summed E-state index contributed by atoms with van der Waals surface area (Å²) in [4.78, 5) is 37.6. The minimum Gasteiger partial charge on any atom is -0.490 e. The third kappa shape index (κ3) is 5.95. The number of nitrogens with zero attached hydrogens (tertiary/aromatic N) is 2. The maximum atomic E-state index is 12.9. The number of thioether (sulfide) groups is 1. The first-order valence-electron chi connectivity index (χ1n) is 11.0. The Morgan fingerprint density at radius 2 is 1.83 bits per heavy atom. The maximum absolute atomic E-state index is 12.9. The predicted molar refractivity (Wildman–Crippen MR) is 141 cm³/mol. The molecule has 0 radical (unpaired) electrons. The molecule has 184 valence electrons. The molecule has 1 aliphatic heterocycles. The van der Waals surface area contributed by atoms with Gasteiger partial charge in [0.1, 0.15) is 6.61 Å². The third-order valence-corrected chi connectivity index (χ3v) is 6.92. The zero-order valence-electron chi connectivity index (χ0n) is 19.2. The molecule has 0 saturated carbocycles. The van der Waals surface area contributed by atoms with Crippen molar-refractivity contribution in [2.75, 3.05) is 6.61 Å². The van der Waals surface area contributed by atoms with Gasteiger partial charge in [0, 0.05) is 16.6 Å². The van der Waals surface area contributed by atoms with E-state index in [4.69, 9.17) is 9.47 Å². The zero-order valence-corrected chi connectivity index (χ0v) is 21.6. The number of imide groups is 1. The van der Waals surface area contributed by atoms with Gasteiger partial charge in [0.05, 0.1) is 23.0 Å². The normalized spacial score (nSPS) is 14.4. The van der Waals surface area contributed by atoms with Crippen LogP contribution in [0.5, 0.6) is 11.5 Å². The standard InChI is InChI=1S/C26H21BrN2O6S/c1-2-34-23-13-17(10-11-22(23)35-16-18-6-5-8-20(12-18)29(32)33)14-24-25(30)28(26(31)36-24)15-19-7-3-4-9-21(19)27/h3-14H,2,15-16H2,1H3/b24-14-. The molecule has 3 aromatic rings. The average molecular weight is 569 g/mol. The van der Waals surface area contributed by atoms with E-state index in [2.05, 4.69) is 15.9 Å². The summed E-state index contributed by atoms with van der Waals surface area (Å²) in [5.74, 6) is 0.566. The Labute approximate surface area is 220 Å². The van der Waals surface area contributed by atoms with Crippen molar-refractivity contribution in [1.82, 2.24) is 4.90 Å². The molecule has 0 bridgehead atoms. The SMILES string of the molecule is CCOc1cc(/C=C2\SC(=O)N(Cc3ccccc3Br)C2=O)ccc1OCc1cccc([N+](=O)[O-])c1. The smallest absolute Gasteiger partial charge is 0.293 e. The van der Waals surface area contributed by atoms with Crippen molar-refractivity contribution >= 4 is 50.6 Å². The lowest BCUT2D eigenvalue weighted by atomic mass is 10.1. The molecule has 10 heteroatoms. The number of carbonyl (C=O) groups is 2.